The third-order valence-electron chi connectivity index (χ3n) is 2.78. The van der Waals surface area contributed by atoms with E-state index in [4.69, 9.17) is 0 Å². The smallest absolute Gasteiger partial charge is 0.0286 e. The van der Waals surface area contributed by atoms with Crippen molar-refractivity contribution < 1.29 is 0 Å². The quantitative estimate of drug-likeness (QED) is 0.554. The van der Waals surface area contributed by atoms with Gasteiger partial charge < -0.3 is 0 Å². The van der Waals surface area contributed by atoms with Crippen molar-refractivity contribution >= 4 is 0 Å². The Morgan fingerprint density at radius 2 is 2.00 bits per heavy atom. The molecule has 1 rings (SSSR count). The molecule has 0 heteroatoms. The summed E-state index contributed by atoms with van der Waals surface area (Å²) in [5, 5.41) is 0. The highest BCUT2D eigenvalue weighted by atomic mass is 14.5. The first kappa shape index (κ1) is 9.57. The molecule has 0 aliphatic heterocycles. The average Bonchev–Trinajstić information content (AvgIpc) is 2.35. The van der Waals surface area contributed by atoms with Gasteiger partial charge in [-0.15, -0.1) is 0 Å². The fourth-order valence-corrected chi connectivity index (χ4v) is 1.79. The minimum absolute atomic E-state index is 0.615. The summed E-state index contributed by atoms with van der Waals surface area (Å²) >= 11 is 0. The summed E-state index contributed by atoms with van der Waals surface area (Å²) in [4.78, 5) is 0. The minimum Gasteiger partial charge on any atom is -0.0961 e. The van der Waals surface area contributed by atoms with Crippen LogP contribution >= 0.6 is 0 Å². The van der Waals surface area contributed by atoms with E-state index in [2.05, 4.69) is 40.3 Å². The van der Waals surface area contributed by atoms with Crippen molar-refractivity contribution in [3.05, 3.63) is 23.8 Å². The van der Waals surface area contributed by atoms with E-state index in [1.165, 1.54) is 24.0 Å². The maximum atomic E-state index is 3.88. The van der Waals surface area contributed by atoms with Gasteiger partial charge in [-0.05, 0) is 38.0 Å². The summed E-state index contributed by atoms with van der Waals surface area (Å²) in [7, 11) is 0. The van der Waals surface area contributed by atoms with Crippen LogP contribution in [0, 0.1) is 11.3 Å². The van der Waals surface area contributed by atoms with Crippen LogP contribution in [0.2, 0.25) is 0 Å². The molecule has 0 aromatic heterocycles. The lowest BCUT2D eigenvalue weighted by molar-refractivity contribution is 0.556. The molecule has 0 amide bonds. The van der Waals surface area contributed by atoms with Gasteiger partial charge in [0, 0.05) is 0 Å². The Hall–Kier alpha value is -0.520. The van der Waals surface area contributed by atoms with E-state index < -0.39 is 0 Å². The molecular weight excluding hydrogens is 144 g/mol. The first-order chi connectivity index (χ1) is 5.42. The van der Waals surface area contributed by atoms with Gasteiger partial charge in [-0.3, -0.25) is 0 Å². The summed E-state index contributed by atoms with van der Waals surface area (Å²) in [6, 6.07) is 0. The van der Waals surface area contributed by atoms with Crippen molar-refractivity contribution in [2.45, 2.75) is 40.5 Å². The molecule has 0 spiro atoms. The molecule has 1 fully saturated rings. The van der Waals surface area contributed by atoms with Crippen LogP contribution in [0.25, 0.3) is 0 Å². The molecule has 1 atom stereocenters. The molecule has 1 aliphatic rings. The normalized spacial score (nSPS) is 27.0. The molecule has 68 valence electrons. The Kier molecular flexibility index (Phi) is 2.46. The zero-order valence-corrected chi connectivity index (χ0v) is 8.78. The monoisotopic (exact) mass is 164 g/mol. The maximum absolute atomic E-state index is 3.88. The summed E-state index contributed by atoms with van der Waals surface area (Å²) in [5.74, 6) is 0.924. The van der Waals surface area contributed by atoms with Crippen molar-refractivity contribution in [1.82, 2.24) is 0 Å². The number of allylic oxidation sites excluding steroid dienone is 3. The second kappa shape index (κ2) is 3.08. The van der Waals surface area contributed by atoms with Gasteiger partial charge in [0.2, 0.25) is 0 Å². The molecule has 1 unspecified atom stereocenters. The van der Waals surface area contributed by atoms with Crippen molar-refractivity contribution in [2.24, 2.45) is 11.3 Å². The van der Waals surface area contributed by atoms with Crippen LogP contribution in [0.1, 0.15) is 40.5 Å². The zero-order chi connectivity index (χ0) is 9.35. The van der Waals surface area contributed by atoms with Crippen molar-refractivity contribution in [1.29, 1.82) is 0 Å². The Balaban J connectivity index is 2.39. The predicted molar refractivity (Wildman–Crippen MR) is 55.1 cm³/mol. The second-order valence-electron chi connectivity index (χ2n) is 4.93. The highest BCUT2D eigenvalue weighted by Crippen LogP contribution is 2.54. The number of hydrogen-bond acceptors (Lipinski definition) is 0. The molecule has 12 heavy (non-hydrogen) atoms. The lowest BCUT2D eigenvalue weighted by atomic mass is 10.0. The summed E-state index contributed by atoms with van der Waals surface area (Å²) in [5.41, 5.74) is 3.27. The van der Waals surface area contributed by atoms with Gasteiger partial charge >= 0.3 is 0 Å². The van der Waals surface area contributed by atoms with Gasteiger partial charge in [-0.2, -0.15) is 0 Å². The lowest BCUT2D eigenvalue weighted by Gasteiger charge is -2.03. The highest BCUT2D eigenvalue weighted by Gasteiger charge is 2.44. The summed E-state index contributed by atoms with van der Waals surface area (Å²) < 4.78 is 0. The predicted octanol–water partition coefficient (Wildman–Crippen LogP) is 3.95. The van der Waals surface area contributed by atoms with Gasteiger partial charge in [0.25, 0.3) is 0 Å². The van der Waals surface area contributed by atoms with Crippen LogP contribution in [0.4, 0.5) is 0 Å². The summed E-state index contributed by atoms with van der Waals surface area (Å²) in [6.45, 7) is 12.9. The SMILES string of the molecule is C=C(C)/C=C(\C)CC1CC1(C)C. The zero-order valence-electron chi connectivity index (χ0n) is 8.78. The topological polar surface area (TPSA) is 0 Å². The summed E-state index contributed by atoms with van der Waals surface area (Å²) in [6.07, 6.45) is 4.86. The van der Waals surface area contributed by atoms with E-state index in [0.717, 1.165) is 5.92 Å². The molecule has 0 heterocycles. The molecule has 0 radical (unpaired) electrons. The third kappa shape index (κ3) is 2.51. The van der Waals surface area contributed by atoms with Crippen LogP contribution in [0.5, 0.6) is 0 Å². The number of hydrogen-bond donors (Lipinski definition) is 0. The molecule has 0 N–H and O–H groups in total. The fourth-order valence-electron chi connectivity index (χ4n) is 1.79. The van der Waals surface area contributed by atoms with Crippen LogP contribution in [-0.2, 0) is 0 Å². The molecule has 0 aromatic carbocycles. The van der Waals surface area contributed by atoms with E-state index in [1.807, 2.05) is 0 Å². The standard InChI is InChI=1S/C12H20/c1-9(2)6-10(3)7-11-8-12(11,4)5/h6,11H,1,7-8H2,2-5H3/b10-6+. The first-order valence-electron chi connectivity index (χ1n) is 4.74. The third-order valence-corrected chi connectivity index (χ3v) is 2.78. The van der Waals surface area contributed by atoms with Crippen molar-refractivity contribution in [3.8, 4) is 0 Å². The van der Waals surface area contributed by atoms with E-state index >= 15 is 0 Å². The van der Waals surface area contributed by atoms with E-state index in [9.17, 15) is 0 Å². The van der Waals surface area contributed by atoms with Crippen LogP contribution in [-0.4, -0.2) is 0 Å². The first-order valence-corrected chi connectivity index (χ1v) is 4.74. The van der Waals surface area contributed by atoms with Crippen LogP contribution < -0.4 is 0 Å². The molecule has 1 aliphatic carbocycles. The maximum Gasteiger partial charge on any atom is -0.0286 e. The molecule has 1 saturated carbocycles. The Morgan fingerprint density at radius 3 is 2.33 bits per heavy atom. The van der Waals surface area contributed by atoms with Gasteiger partial charge in [0.1, 0.15) is 0 Å². The fraction of sp³-hybridized carbons (Fsp3) is 0.667. The Morgan fingerprint density at radius 1 is 1.50 bits per heavy atom. The van der Waals surface area contributed by atoms with Crippen LogP contribution in [0.15, 0.2) is 23.8 Å². The molecular formula is C12H20. The number of rotatable bonds is 3. The Bertz CT molecular complexity index is 218. The van der Waals surface area contributed by atoms with Gasteiger partial charge in [-0.1, -0.05) is 37.6 Å². The minimum atomic E-state index is 0.615. The van der Waals surface area contributed by atoms with E-state index in [-0.39, 0.29) is 0 Å². The van der Waals surface area contributed by atoms with Crippen LogP contribution in [0.3, 0.4) is 0 Å². The molecule has 0 nitrogen and oxygen atoms in total. The second-order valence-corrected chi connectivity index (χ2v) is 4.93. The highest BCUT2D eigenvalue weighted by molar-refractivity contribution is 5.19. The van der Waals surface area contributed by atoms with Gasteiger partial charge in [0.15, 0.2) is 0 Å². The molecule has 0 saturated heterocycles. The van der Waals surface area contributed by atoms with Crippen molar-refractivity contribution in [3.63, 3.8) is 0 Å². The van der Waals surface area contributed by atoms with E-state index in [0.29, 0.717) is 5.41 Å². The van der Waals surface area contributed by atoms with Crippen molar-refractivity contribution in [2.75, 3.05) is 0 Å². The largest absolute Gasteiger partial charge is 0.0961 e. The van der Waals surface area contributed by atoms with E-state index in [1.54, 1.807) is 0 Å². The molecule has 0 aromatic rings. The van der Waals surface area contributed by atoms with Gasteiger partial charge in [-0.25, -0.2) is 0 Å². The van der Waals surface area contributed by atoms with Gasteiger partial charge in [0.05, 0.1) is 0 Å². The lowest BCUT2D eigenvalue weighted by Crippen LogP contribution is -1.91. The average molecular weight is 164 g/mol. The Labute approximate surface area is 76.4 Å². The molecule has 0 bridgehead atoms.